The summed E-state index contributed by atoms with van der Waals surface area (Å²) in [6, 6.07) is 25.2. The molecule has 142 valence electrons. The van der Waals surface area contributed by atoms with Crippen molar-refractivity contribution in [3.05, 3.63) is 117 Å². The van der Waals surface area contributed by atoms with Gasteiger partial charge in [-0.2, -0.15) is 5.26 Å². The molecule has 0 aromatic heterocycles. The SMILES string of the molecule is N#C/C(=C\[C@@]1(c2ccccc2)O[C@@H]1c1ccc([N+](=O)[O-])cc1)c1ccc(Cl)cc1. The van der Waals surface area contributed by atoms with Crippen molar-refractivity contribution in [3.8, 4) is 6.07 Å². The molecule has 4 rings (SSSR count). The van der Waals surface area contributed by atoms with Gasteiger partial charge in [0.25, 0.3) is 5.69 Å². The third-order valence-corrected chi connectivity index (χ3v) is 5.16. The van der Waals surface area contributed by atoms with E-state index in [1.165, 1.54) is 12.1 Å². The lowest BCUT2D eigenvalue weighted by atomic mass is 9.88. The zero-order valence-electron chi connectivity index (χ0n) is 15.2. The maximum atomic E-state index is 10.9. The monoisotopic (exact) mass is 402 g/mol. The van der Waals surface area contributed by atoms with Crippen molar-refractivity contribution in [2.24, 2.45) is 0 Å². The molecule has 0 amide bonds. The topological polar surface area (TPSA) is 79.5 Å². The van der Waals surface area contributed by atoms with E-state index in [-0.39, 0.29) is 11.8 Å². The summed E-state index contributed by atoms with van der Waals surface area (Å²) in [6.07, 6.45) is 1.47. The third-order valence-electron chi connectivity index (χ3n) is 4.91. The van der Waals surface area contributed by atoms with Gasteiger partial charge in [0.05, 0.1) is 16.6 Å². The highest BCUT2D eigenvalue weighted by molar-refractivity contribution is 6.30. The number of nitriles is 1. The largest absolute Gasteiger partial charge is 0.351 e. The van der Waals surface area contributed by atoms with Gasteiger partial charge in [-0.3, -0.25) is 10.1 Å². The minimum Gasteiger partial charge on any atom is -0.351 e. The van der Waals surface area contributed by atoms with Crippen LogP contribution < -0.4 is 0 Å². The molecule has 1 heterocycles. The summed E-state index contributed by atoms with van der Waals surface area (Å²) in [6.45, 7) is 0. The molecule has 0 bridgehead atoms. The quantitative estimate of drug-likeness (QED) is 0.233. The molecule has 29 heavy (non-hydrogen) atoms. The van der Waals surface area contributed by atoms with Crippen molar-refractivity contribution in [3.63, 3.8) is 0 Å². The fraction of sp³-hybridized carbons (Fsp3) is 0.0870. The van der Waals surface area contributed by atoms with E-state index >= 15 is 0 Å². The normalized spacial score (nSPS) is 20.7. The summed E-state index contributed by atoms with van der Waals surface area (Å²) in [4.78, 5) is 10.5. The number of benzene rings is 3. The van der Waals surface area contributed by atoms with Crippen LogP contribution in [0.5, 0.6) is 0 Å². The summed E-state index contributed by atoms with van der Waals surface area (Å²) < 4.78 is 6.13. The number of hydrogen-bond donors (Lipinski definition) is 0. The number of nitro groups is 1. The Balaban J connectivity index is 1.76. The second-order valence-corrected chi connectivity index (χ2v) is 7.12. The van der Waals surface area contributed by atoms with Gasteiger partial charge in [-0.25, -0.2) is 0 Å². The van der Waals surface area contributed by atoms with Crippen LogP contribution >= 0.6 is 11.6 Å². The number of non-ortho nitro benzene ring substituents is 1. The van der Waals surface area contributed by atoms with Crippen LogP contribution in [-0.4, -0.2) is 4.92 Å². The van der Waals surface area contributed by atoms with Crippen molar-refractivity contribution in [2.45, 2.75) is 11.7 Å². The Morgan fingerprint density at radius 3 is 2.31 bits per heavy atom. The first-order chi connectivity index (χ1) is 14.0. The fourth-order valence-corrected chi connectivity index (χ4v) is 3.51. The second kappa shape index (κ2) is 7.51. The Kier molecular flexibility index (Phi) is 4.89. The zero-order valence-corrected chi connectivity index (χ0v) is 15.9. The minimum absolute atomic E-state index is 0.0223. The molecular formula is C23H15ClN2O3. The Morgan fingerprint density at radius 2 is 1.72 bits per heavy atom. The average Bonchev–Trinajstić information content (AvgIpc) is 3.49. The number of epoxide rings is 1. The molecule has 1 fully saturated rings. The molecule has 5 nitrogen and oxygen atoms in total. The smallest absolute Gasteiger partial charge is 0.269 e. The summed E-state index contributed by atoms with van der Waals surface area (Å²) in [5.41, 5.74) is 2.13. The summed E-state index contributed by atoms with van der Waals surface area (Å²) >= 11 is 5.96. The van der Waals surface area contributed by atoms with Crippen molar-refractivity contribution in [2.75, 3.05) is 0 Å². The maximum absolute atomic E-state index is 10.9. The fourth-order valence-electron chi connectivity index (χ4n) is 3.38. The molecule has 0 spiro atoms. The molecule has 1 aliphatic rings. The molecule has 0 N–H and O–H groups in total. The lowest BCUT2D eigenvalue weighted by molar-refractivity contribution is -0.384. The lowest BCUT2D eigenvalue weighted by Gasteiger charge is -2.11. The average molecular weight is 403 g/mol. The van der Waals surface area contributed by atoms with Crippen molar-refractivity contribution in [1.82, 2.24) is 0 Å². The number of halogens is 1. The van der Waals surface area contributed by atoms with Gasteiger partial charge in [-0.15, -0.1) is 0 Å². The first-order valence-electron chi connectivity index (χ1n) is 8.90. The van der Waals surface area contributed by atoms with Gasteiger partial charge in [0.2, 0.25) is 0 Å². The first kappa shape index (κ1) is 18.9. The summed E-state index contributed by atoms with van der Waals surface area (Å²) in [5.74, 6) is 0. The molecule has 0 saturated carbocycles. The van der Waals surface area contributed by atoms with Crippen LogP contribution in [0.15, 0.2) is 84.9 Å². The predicted octanol–water partition coefficient (Wildman–Crippen LogP) is 5.82. The highest BCUT2D eigenvalue weighted by Gasteiger charge is 2.57. The van der Waals surface area contributed by atoms with Crippen molar-refractivity contribution in [1.29, 1.82) is 5.26 Å². The van der Waals surface area contributed by atoms with Crippen molar-refractivity contribution >= 4 is 22.9 Å². The van der Waals surface area contributed by atoms with Crippen LogP contribution in [0, 0.1) is 21.4 Å². The minimum atomic E-state index is -0.817. The van der Waals surface area contributed by atoms with Crippen LogP contribution in [0.2, 0.25) is 5.02 Å². The summed E-state index contributed by atoms with van der Waals surface area (Å²) in [7, 11) is 0. The van der Waals surface area contributed by atoms with Crippen LogP contribution in [-0.2, 0) is 10.3 Å². The highest BCUT2D eigenvalue weighted by Crippen LogP contribution is 2.59. The predicted molar refractivity (Wildman–Crippen MR) is 110 cm³/mol. The molecule has 0 radical (unpaired) electrons. The van der Waals surface area contributed by atoms with Gasteiger partial charge in [-0.05, 0) is 47.0 Å². The number of nitrogens with zero attached hydrogens (tertiary/aromatic N) is 2. The van der Waals surface area contributed by atoms with Gasteiger partial charge in [-0.1, -0.05) is 54.1 Å². The molecule has 0 unspecified atom stereocenters. The van der Waals surface area contributed by atoms with E-state index in [0.29, 0.717) is 10.6 Å². The second-order valence-electron chi connectivity index (χ2n) is 6.68. The summed E-state index contributed by atoms with van der Waals surface area (Å²) in [5, 5.41) is 21.3. The van der Waals surface area contributed by atoms with E-state index in [1.54, 1.807) is 36.4 Å². The lowest BCUT2D eigenvalue weighted by Crippen LogP contribution is -2.08. The molecule has 1 saturated heterocycles. The standard InChI is InChI=1S/C23H15ClN2O3/c24-20-10-6-16(7-11-20)18(15-25)14-23(19-4-2-1-3-5-19)22(29-23)17-8-12-21(13-9-17)26(27)28/h1-14,22H/b18-14+/t22-,23+/m1/s1. The van der Waals surface area contributed by atoms with Crippen LogP contribution in [0.25, 0.3) is 5.57 Å². The molecule has 3 aromatic rings. The number of allylic oxidation sites excluding steroid dienone is 1. The van der Waals surface area contributed by atoms with Crippen molar-refractivity contribution < 1.29 is 9.66 Å². The van der Waals surface area contributed by atoms with Crippen LogP contribution in [0.3, 0.4) is 0 Å². The zero-order chi connectivity index (χ0) is 20.4. The van der Waals surface area contributed by atoms with Gasteiger partial charge in [0, 0.05) is 17.2 Å². The van der Waals surface area contributed by atoms with E-state index in [4.69, 9.17) is 16.3 Å². The molecule has 3 aromatic carbocycles. The van der Waals surface area contributed by atoms with Gasteiger partial charge >= 0.3 is 0 Å². The van der Waals surface area contributed by atoms with Gasteiger partial charge in [0.1, 0.15) is 11.7 Å². The molecule has 1 aliphatic heterocycles. The van der Waals surface area contributed by atoms with E-state index in [2.05, 4.69) is 6.07 Å². The molecule has 6 heteroatoms. The molecular weight excluding hydrogens is 388 g/mol. The Morgan fingerprint density at radius 1 is 1.07 bits per heavy atom. The Labute approximate surface area is 172 Å². The highest BCUT2D eigenvalue weighted by atomic mass is 35.5. The Hall–Kier alpha value is -3.46. The number of rotatable bonds is 5. The molecule has 0 aliphatic carbocycles. The van der Waals surface area contributed by atoms with E-state index in [0.717, 1.165) is 16.7 Å². The number of nitro benzene ring substituents is 1. The Bertz CT molecular complexity index is 1120. The van der Waals surface area contributed by atoms with E-state index in [1.807, 2.05) is 36.4 Å². The van der Waals surface area contributed by atoms with Crippen LogP contribution in [0.1, 0.15) is 22.8 Å². The van der Waals surface area contributed by atoms with Gasteiger partial charge in [0.15, 0.2) is 0 Å². The van der Waals surface area contributed by atoms with Gasteiger partial charge < -0.3 is 4.74 Å². The van der Waals surface area contributed by atoms with E-state index in [9.17, 15) is 15.4 Å². The third kappa shape index (κ3) is 3.64. The van der Waals surface area contributed by atoms with Crippen LogP contribution in [0.4, 0.5) is 5.69 Å². The first-order valence-corrected chi connectivity index (χ1v) is 9.28. The molecule has 2 atom stereocenters. The number of ether oxygens (including phenoxy) is 1. The van der Waals surface area contributed by atoms with E-state index < -0.39 is 10.5 Å². The number of hydrogen-bond acceptors (Lipinski definition) is 4. The maximum Gasteiger partial charge on any atom is 0.269 e.